The van der Waals surface area contributed by atoms with Gasteiger partial charge in [0.2, 0.25) is 0 Å². The summed E-state index contributed by atoms with van der Waals surface area (Å²) in [5, 5.41) is 18.1. The number of rotatable bonds is 6. The second-order valence-corrected chi connectivity index (χ2v) is 8.04. The van der Waals surface area contributed by atoms with Crippen molar-refractivity contribution in [3.05, 3.63) is 90.2 Å². The van der Waals surface area contributed by atoms with Crippen molar-refractivity contribution >= 4 is 16.7 Å². The summed E-state index contributed by atoms with van der Waals surface area (Å²) in [6.45, 7) is 2.75. The zero-order valence-corrected chi connectivity index (χ0v) is 18.5. The maximum absolute atomic E-state index is 8.70. The van der Waals surface area contributed by atoms with Gasteiger partial charge in [0.1, 0.15) is 23.7 Å². The molecule has 6 nitrogen and oxygen atoms in total. The van der Waals surface area contributed by atoms with E-state index in [-0.39, 0.29) is 11.3 Å². The van der Waals surface area contributed by atoms with Gasteiger partial charge in [0.05, 0.1) is 5.52 Å². The SMILES string of the molecule is CC(COc1ccc(-c2ccn(C(=N)c3ccnc4ccccc34)c(=N)c2)cc1)N(C)C. The van der Waals surface area contributed by atoms with Gasteiger partial charge in [0.15, 0.2) is 0 Å². The molecule has 2 heterocycles. The first kappa shape index (κ1) is 21.5. The maximum atomic E-state index is 8.70. The summed E-state index contributed by atoms with van der Waals surface area (Å²) < 4.78 is 7.44. The first-order valence-corrected chi connectivity index (χ1v) is 10.5. The lowest BCUT2D eigenvalue weighted by molar-refractivity contribution is 0.198. The number of likely N-dealkylation sites (N-methyl/N-ethyl adjacent to an activating group) is 1. The summed E-state index contributed by atoms with van der Waals surface area (Å²) in [6, 6.07) is 21.5. The highest BCUT2D eigenvalue weighted by molar-refractivity contribution is 6.08. The van der Waals surface area contributed by atoms with Crippen molar-refractivity contribution < 1.29 is 4.74 Å². The Kier molecular flexibility index (Phi) is 6.14. The third-order valence-electron chi connectivity index (χ3n) is 5.66. The van der Waals surface area contributed by atoms with E-state index in [2.05, 4.69) is 16.8 Å². The minimum atomic E-state index is 0.244. The van der Waals surface area contributed by atoms with Crippen LogP contribution in [0.1, 0.15) is 12.5 Å². The largest absolute Gasteiger partial charge is 0.492 e. The van der Waals surface area contributed by atoms with Crippen LogP contribution in [-0.2, 0) is 0 Å². The van der Waals surface area contributed by atoms with Crippen molar-refractivity contribution in [3.8, 4) is 16.9 Å². The van der Waals surface area contributed by atoms with Crippen molar-refractivity contribution in [2.75, 3.05) is 20.7 Å². The predicted octanol–water partition coefficient (Wildman–Crippen LogP) is 4.39. The van der Waals surface area contributed by atoms with Crippen LogP contribution >= 0.6 is 0 Å². The molecule has 0 aliphatic heterocycles. The minimum absolute atomic E-state index is 0.244. The molecule has 32 heavy (non-hydrogen) atoms. The minimum Gasteiger partial charge on any atom is -0.492 e. The number of fused-ring (bicyclic) bond motifs is 1. The predicted molar refractivity (Wildman–Crippen MR) is 128 cm³/mol. The van der Waals surface area contributed by atoms with Crippen LogP contribution in [-0.4, -0.2) is 47.0 Å². The van der Waals surface area contributed by atoms with E-state index < -0.39 is 0 Å². The van der Waals surface area contributed by atoms with Gasteiger partial charge < -0.3 is 9.64 Å². The summed E-state index contributed by atoms with van der Waals surface area (Å²) in [6.07, 6.45) is 3.48. The molecule has 2 aromatic heterocycles. The van der Waals surface area contributed by atoms with Crippen molar-refractivity contribution in [2.45, 2.75) is 13.0 Å². The average Bonchev–Trinajstić information content (AvgIpc) is 2.82. The third kappa shape index (κ3) is 4.45. The Bertz CT molecular complexity index is 1300. The van der Waals surface area contributed by atoms with E-state index in [1.165, 1.54) is 0 Å². The first-order chi connectivity index (χ1) is 15.4. The molecule has 2 aromatic carbocycles. The summed E-state index contributed by atoms with van der Waals surface area (Å²) >= 11 is 0. The Labute approximate surface area is 187 Å². The molecule has 1 unspecified atom stereocenters. The highest BCUT2D eigenvalue weighted by Gasteiger charge is 2.10. The van der Waals surface area contributed by atoms with Crippen LogP contribution in [0, 0.1) is 10.8 Å². The zero-order chi connectivity index (χ0) is 22.7. The second kappa shape index (κ2) is 9.16. The molecule has 4 rings (SSSR count). The topological polar surface area (TPSA) is 78.0 Å². The molecule has 4 aromatic rings. The van der Waals surface area contributed by atoms with E-state index in [0.29, 0.717) is 12.6 Å². The van der Waals surface area contributed by atoms with Crippen LogP contribution in [0.15, 0.2) is 79.1 Å². The van der Waals surface area contributed by atoms with E-state index in [4.69, 9.17) is 15.6 Å². The summed E-state index contributed by atoms with van der Waals surface area (Å²) in [5.41, 5.74) is 3.75. The number of para-hydroxylation sites is 1. The van der Waals surface area contributed by atoms with Gasteiger partial charge in [0.25, 0.3) is 0 Å². The van der Waals surface area contributed by atoms with Crippen molar-refractivity contribution in [3.63, 3.8) is 0 Å². The molecule has 0 saturated heterocycles. The summed E-state index contributed by atoms with van der Waals surface area (Å²) in [4.78, 5) is 6.49. The van der Waals surface area contributed by atoms with Crippen LogP contribution in [0.25, 0.3) is 22.0 Å². The average molecular weight is 426 g/mol. The standard InChI is InChI=1S/C26H27N5O/c1-18(30(2)3)17-32-21-10-8-19(9-11-21)20-13-15-31(25(27)16-20)26(28)23-12-14-29-24-7-5-4-6-22(23)24/h4-16,18,27-28H,17H2,1-3H3. The fourth-order valence-electron chi connectivity index (χ4n) is 3.42. The Morgan fingerprint density at radius 3 is 2.50 bits per heavy atom. The Morgan fingerprint density at radius 2 is 1.78 bits per heavy atom. The second-order valence-electron chi connectivity index (χ2n) is 8.04. The van der Waals surface area contributed by atoms with Gasteiger partial charge in [-0.25, -0.2) is 0 Å². The van der Waals surface area contributed by atoms with Crippen LogP contribution in [0.3, 0.4) is 0 Å². The summed E-state index contributed by atoms with van der Waals surface area (Å²) in [7, 11) is 4.07. The monoisotopic (exact) mass is 425 g/mol. The van der Waals surface area contributed by atoms with Crippen LogP contribution in [0.5, 0.6) is 5.75 Å². The van der Waals surface area contributed by atoms with E-state index in [1.807, 2.05) is 74.8 Å². The number of nitrogens with one attached hydrogen (secondary N) is 2. The summed E-state index contributed by atoms with van der Waals surface area (Å²) in [5.74, 6) is 1.07. The molecule has 0 saturated carbocycles. The fraction of sp³-hybridized carbons (Fsp3) is 0.192. The third-order valence-corrected chi connectivity index (χ3v) is 5.66. The first-order valence-electron chi connectivity index (χ1n) is 10.5. The fourth-order valence-corrected chi connectivity index (χ4v) is 3.42. The molecule has 0 fully saturated rings. The van der Waals surface area contributed by atoms with Gasteiger partial charge in [-0.05, 0) is 68.5 Å². The quantitative estimate of drug-likeness (QED) is 0.355. The number of hydrogen-bond donors (Lipinski definition) is 2. The lowest BCUT2D eigenvalue weighted by Crippen LogP contribution is -2.30. The molecule has 0 spiro atoms. The highest BCUT2D eigenvalue weighted by Crippen LogP contribution is 2.22. The van der Waals surface area contributed by atoms with Crippen molar-refractivity contribution in [1.82, 2.24) is 14.5 Å². The van der Waals surface area contributed by atoms with Gasteiger partial charge in [-0.2, -0.15) is 0 Å². The van der Waals surface area contributed by atoms with Gasteiger partial charge in [0, 0.05) is 29.4 Å². The number of hydrogen-bond acceptors (Lipinski definition) is 5. The lowest BCUT2D eigenvalue weighted by atomic mass is 10.1. The maximum Gasteiger partial charge on any atom is 0.138 e. The number of pyridine rings is 2. The molecular formula is C26H27N5O. The molecule has 1 atom stereocenters. The smallest absolute Gasteiger partial charge is 0.138 e. The van der Waals surface area contributed by atoms with Gasteiger partial charge in [-0.15, -0.1) is 0 Å². The number of benzene rings is 2. The van der Waals surface area contributed by atoms with Gasteiger partial charge in [-0.1, -0.05) is 30.3 Å². The highest BCUT2D eigenvalue weighted by atomic mass is 16.5. The molecule has 0 aliphatic carbocycles. The molecule has 0 aliphatic rings. The van der Waals surface area contributed by atoms with Crippen molar-refractivity contribution in [1.29, 1.82) is 10.8 Å². The number of aromatic nitrogens is 2. The van der Waals surface area contributed by atoms with Crippen LogP contribution < -0.4 is 10.2 Å². The molecule has 6 heteroatoms. The van der Waals surface area contributed by atoms with Gasteiger partial charge >= 0.3 is 0 Å². The zero-order valence-electron chi connectivity index (χ0n) is 18.5. The molecule has 2 N–H and O–H groups in total. The molecule has 162 valence electrons. The van der Waals surface area contributed by atoms with E-state index in [1.54, 1.807) is 23.0 Å². The van der Waals surface area contributed by atoms with Gasteiger partial charge in [-0.3, -0.25) is 20.4 Å². The molecule has 0 amide bonds. The molecule has 0 radical (unpaired) electrons. The van der Waals surface area contributed by atoms with E-state index in [9.17, 15) is 0 Å². The Morgan fingerprint density at radius 1 is 1.03 bits per heavy atom. The molecule has 0 bridgehead atoms. The van der Waals surface area contributed by atoms with E-state index in [0.717, 1.165) is 33.3 Å². The number of ether oxygens (including phenoxy) is 1. The normalized spacial score (nSPS) is 12.1. The van der Waals surface area contributed by atoms with Crippen molar-refractivity contribution in [2.24, 2.45) is 0 Å². The van der Waals surface area contributed by atoms with Crippen LogP contribution in [0.2, 0.25) is 0 Å². The molecular weight excluding hydrogens is 398 g/mol. The van der Waals surface area contributed by atoms with Crippen LogP contribution in [0.4, 0.5) is 0 Å². The Hall–Kier alpha value is -3.77. The number of nitrogens with zero attached hydrogens (tertiary/aromatic N) is 3. The Balaban J connectivity index is 1.56. The van der Waals surface area contributed by atoms with E-state index >= 15 is 0 Å². The lowest BCUT2D eigenvalue weighted by Gasteiger charge is -2.20.